The van der Waals surface area contributed by atoms with Gasteiger partial charge in [0.2, 0.25) is 0 Å². The summed E-state index contributed by atoms with van der Waals surface area (Å²) in [5, 5.41) is 3.14. The number of rotatable bonds is 8. The van der Waals surface area contributed by atoms with Gasteiger partial charge >= 0.3 is 0 Å². The highest BCUT2D eigenvalue weighted by atomic mass is 19.3. The summed E-state index contributed by atoms with van der Waals surface area (Å²) in [6, 6.07) is 8.18. The third-order valence-corrected chi connectivity index (χ3v) is 2.45. The van der Waals surface area contributed by atoms with E-state index in [2.05, 4.69) is 5.32 Å². The van der Waals surface area contributed by atoms with Crippen molar-refractivity contribution in [1.82, 2.24) is 5.32 Å². The molecule has 0 aliphatic carbocycles. The van der Waals surface area contributed by atoms with E-state index in [1.165, 1.54) is 0 Å². The normalized spacial score (nSPS) is 10.9. The van der Waals surface area contributed by atoms with Gasteiger partial charge in [-0.3, -0.25) is 0 Å². The molecule has 0 saturated heterocycles. The molecule has 0 bridgehead atoms. The van der Waals surface area contributed by atoms with Crippen molar-refractivity contribution in [2.45, 2.75) is 13.0 Å². The Balaban J connectivity index is 2.15. The molecule has 0 aromatic heterocycles. The van der Waals surface area contributed by atoms with Crippen LogP contribution in [0.2, 0.25) is 0 Å². The number of nitrogens with zero attached hydrogens (tertiary/aromatic N) is 1. The Kier molecular flexibility index (Phi) is 6.60. The van der Waals surface area contributed by atoms with Gasteiger partial charge in [0.15, 0.2) is 0 Å². The van der Waals surface area contributed by atoms with Gasteiger partial charge in [-0.25, -0.2) is 8.78 Å². The molecule has 0 spiro atoms. The molecule has 0 aliphatic heterocycles. The first kappa shape index (κ1) is 14.9. The van der Waals surface area contributed by atoms with Crippen molar-refractivity contribution in [3.63, 3.8) is 0 Å². The van der Waals surface area contributed by atoms with Crippen LogP contribution in [-0.4, -0.2) is 40.3 Å². The van der Waals surface area contributed by atoms with Crippen molar-refractivity contribution in [1.29, 1.82) is 0 Å². The van der Waals surface area contributed by atoms with Gasteiger partial charge in [0.1, 0.15) is 6.61 Å². The highest BCUT2D eigenvalue weighted by Gasteiger charge is 2.01. The molecule has 0 fully saturated rings. The smallest absolute Gasteiger partial charge is 0.261 e. The van der Waals surface area contributed by atoms with Crippen LogP contribution in [0.25, 0.3) is 0 Å². The average Bonchev–Trinajstić information content (AvgIpc) is 2.34. The zero-order chi connectivity index (χ0) is 13.4. The van der Waals surface area contributed by atoms with E-state index in [0.29, 0.717) is 19.7 Å². The van der Waals surface area contributed by atoms with Crippen molar-refractivity contribution in [2.75, 3.05) is 38.8 Å². The first-order valence-electron chi connectivity index (χ1n) is 5.92. The summed E-state index contributed by atoms with van der Waals surface area (Å²) in [5.74, 6) is 0. The third-order valence-electron chi connectivity index (χ3n) is 2.45. The van der Waals surface area contributed by atoms with Crippen LogP contribution in [0.1, 0.15) is 5.56 Å². The van der Waals surface area contributed by atoms with Gasteiger partial charge in [-0.2, -0.15) is 0 Å². The van der Waals surface area contributed by atoms with Gasteiger partial charge in [0.25, 0.3) is 6.43 Å². The number of ether oxygens (including phenoxy) is 1. The van der Waals surface area contributed by atoms with Crippen LogP contribution >= 0.6 is 0 Å². The minimum Gasteiger partial charge on any atom is -0.378 e. The summed E-state index contributed by atoms with van der Waals surface area (Å²) >= 11 is 0. The standard InChI is InChI=1S/C13H20F2N2O/c1-17(2)12-5-3-11(4-6-12)9-16-7-8-18-10-13(14)15/h3-6,13,16H,7-10H2,1-2H3. The fourth-order valence-corrected chi connectivity index (χ4v) is 1.46. The third kappa shape index (κ3) is 5.93. The van der Waals surface area contributed by atoms with Crippen molar-refractivity contribution >= 4 is 5.69 Å². The van der Waals surface area contributed by atoms with Crippen LogP contribution < -0.4 is 10.2 Å². The Morgan fingerprint density at radius 2 is 1.89 bits per heavy atom. The minimum absolute atomic E-state index is 0.306. The quantitative estimate of drug-likeness (QED) is 0.723. The Labute approximate surface area is 107 Å². The summed E-state index contributed by atoms with van der Waals surface area (Å²) in [6.07, 6.45) is -2.39. The van der Waals surface area contributed by atoms with Crippen LogP contribution in [0.5, 0.6) is 0 Å². The lowest BCUT2D eigenvalue weighted by molar-refractivity contribution is 0.0187. The van der Waals surface area contributed by atoms with E-state index in [-0.39, 0.29) is 0 Å². The maximum absolute atomic E-state index is 11.8. The second kappa shape index (κ2) is 8.00. The number of hydrogen-bond donors (Lipinski definition) is 1. The first-order valence-corrected chi connectivity index (χ1v) is 5.92. The van der Waals surface area contributed by atoms with Gasteiger partial charge in [0.05, 0.1) is 6.61 Å². The summed E-state index contributed by atoms with van der Waals surface area (Å²) < 4.78 is 28.3. The first-order chi connectivity index (χ1) is 8.59. The average molecular weight is 258 g/mol. The fourth-order valence-electron chi connectivity index (χ4n) is 1.46. The second-order valence-electron chi connectivity index (χ2n) is 4.20. The molecule has 0 aliphatic rings. The highest BCUT2D eigenvalue weighted by molar-refractivity contribution is 5.45. The molecular weight excluding hydrogens is 238 g/mol. The molecule has 1 rings (SSSR count). The molecule has 102 valence electrons. The van der Waals surface area contributed by atoms with E-state index < -0.39 is 13.0 Å². The van der Waals surface area contributed by atoms with E-state index in [0.717, 1.165) is 11.3 Å². The number of nitrogens with one attached hydrogen (secondary N) is 1. The van der Waals surface area contributed by atoms with Gasteiger partial charge in [-0.1, -0.05) is 12.1 Å². The lowest BCUT2D eigenvalue weighted by atomic mass is 10.2. The predicted molar refractivity (Wildman–Crippen MR) is 69.3 cm³/mol. The molecule has 0 heterocycles. The highest BCUT2D eigenvalue weighted by Crippen LogP contribution is 2.11. The van der Waals surface area contributed by atoms with E-state index in [4.69, 9.17) is 4.74 Å². The number of halogens is 2. The number of alkyl halides is 2. The van der Waals surface area contributed by atoms with Gasteiger partial charge in [-0.05, 0) is 17.7 Å². The Bertz CT molecular complexity index is 328. The van der Waals surface area contributed by atoms with Crippen LogP contribution in [-0.2, 0) is 11.3 Å². The monoisotopic (exact) mass is 258 g/mol. The number of hydrogen-bond acceptors (Lipinski definition) is 3. The van der Waals surface area contributed by atoms with Crippen molar-refractivity contribution < 1.29 is 13.5 Å². The Morgan fingerprint density at radius 1 is 1.22 bits per heavy atom. The zero-order valence-electron chi connectivity index (χ0n) is 10.8. The molecule has 0 unspecified atom stereocenters. The molecule has 1 aromatic carbocycles. The molecule has 1 N–H and O–H groups in total. The summed E-state index contributed by atoms with van der Waals surface area (Å²) in [5.41, 5.74) is 2.31. The molecule has 0 saturated carbocycles. The number of benzene rings is 1. The Morgan fingerprint density at radius 3 is 2.44 bits per heavy atom. The summed E-state index contributed by atoms with van der Waals surface area (Å²) in [4.78, 5) is 2.04. The van der Waals surface area contributed by atoms with Crippen molar-refractivity contribution in [3.05, 3.63) is 29.8 Å². The molecule has 5 heteroatoms. The maximum atomic E-state index is 11.8. The lowest BCUT2D eigenvalue weighted by Gasteiger charge is -2.13. The molecule has 18 heavy (non-hydrogen) atoms. The van der Waals surface area contributed by atoms with Crippen molar-refractivity contribution in [2.24, 2.45) is 0 Å². The van der Waals surface area contributed by atoms with E-state index in [9.17, 15) is 8.78 Å². The van der Waals surface area contributed by atoms with Crippen LogP contribution in [0.15, 0.2) is 24.3 Å². The maximum Gasteiger partial charge on any atom is 0.261 e. The predicted octanol–water partition coefficient (Wildman–Crippen LogP) is 2.12. The van der Waals surface area contributed by atoms with E-state index in [1.807, 2.05) is 43.3 Å². The SMILES string of the molecule is CN(C)c1ccc(CNCCOCC(F)F)cc1. The van der Waals surface area contributed by atoms with E-state index >= 15 is 0 Å². The van der Waals surface area contributed by atoms with Gasteiger partial charge in [0, 0.05) is 32.9 Å². The largest absolute Gasteiger partial charge is 0.378 e. The minimum atomic E-state index is -2.39. The lowest BCUT2D eigenvalue weighted by Crippen LogP contribution is -2.20. The molecule has 0 amide bonds. The van der Waals surface area contributed by atoms with Crippen LogP contribution in [0, 0.1) is 0 Å². The van der Waals surface area contributed by atoms with Crippen LogP contribution in [0.3, 0.4) is 0 Å². The fraction of sp³-hybridized carbons (Fsp3) is 0.538. The van der Waals surface area contributed by atoms with Crippen molar-refractivity contribution in [3.8, 4) is 0 Å². The summed E-state index contributed by atoms with van der Waals surface area (Å²) in [6.45, 7) is 1.10. The van der Waals surface area contributed by atoms with Gasteiger partial charge in [-0.15, -0.1) is 0 Å². The van der Waals surface area contributed by atoms with Crippen LogP contribution in [0.4, 0.5) is 14.5 Å². The van der Waals surface area contributed by atoms with E-state index in [1.54, 1.807) is 0 Å². The molecule has 0 atom stereocenters. The summed E-state index contributed by atoms with van der Waals surface area (Å²) in [7, 11) is 3.99. The number of anilines is 1. The van der Waals surface area contributed by atoms with Gasteiger partial charge < -0.3 is 15.0 Å². The second-order valence-corrected chi connectivity index (χ2v) is 4.20. The molecular formula is C13H20F2N2O. The molecule has 3 nitrogen and oxygen atoms in total. The Hall–Kier alpha value is -1.20. The topological polar surface area (TPSA) is 24.5 Å². The zero-order valence-corrected chi connectivity index (χ0v) is 10.8. The molecule has 0 radical (unpaired) electrons. The molecule has 1 aromatic rings.